The molecule has 12 rings (SSSR count). The first-order valence-electron chi connectivity index (χ1n) is 20.9. The molecule has 0 bridgehead atoms. The summed E-state index contributed by atoms with van der Waals surface area (Å²) in [7, 11) is 0. The van der Waals surface area contributed by atoms with E-state index in [2.05, 4.69) is 173 Å². The number of rotatable bonds is 7. The topological polar surface area (TPSA) is 48.5 Å². The number of hydrogen-bond acceptors (Lipinski definition) is 3. The van der Waals surface area contributed by atoms with Crippen LogP contribution in [0.2, 0.25) is 0 Å². The standard InChI is InChI=1S/C57H37N5/c1-5-18-38(19-6-1)43-35-48(39-20-7-2-8-21-39)54-50(36-43)49-37-45(61-51-30-15-13-28-46(51)47-29-14-16-31-52(47)61)32-33-53(49)62(54)44-27-17-26-42(34-44)57-59-55(40-22-9-3-10-23-40)58-56(60-57)41-24-11-4-12-25-41/h1-37H. The number of nitrogens with zero attached hydrogens (tertiary/aromatic N) is 5. The van der Waals surface area contributed by atoms with Crippen LogP contribution in [0.1, 0.15) is 0 Å². The average Bonchev–Trinajstić information content (AvgIpc) is 3.87. The molecule has 0 amide bonds. The number of aromatic nitrogens is 5. The minimum Gasteiger partial charge on any atom is -0.309 e. The van der Waals surface area contributed by atoms with Crippen molar-refractivity contribution in [3.8, 4) is 67.8 Å². The zero-order valence-corrected chi connectivity index (χ0v) is 33.6. The molecule has 0 spiro atoms. The van der Waals surface area contributed by atoms with Gasteiger partial charge in [0.05, 0.1) is 22.1 Å². The van der Waals surface area contributed by atoms with Crippen molar-refractivity contribution >= 4 is 43.6 Å². The lowest BCUT2D eigenvalue weighted by Crippen LogP contribution is -2.01. The molecule has 3 aromatic heterocycles. The summed E-state index contributed by atoms with van der Waals surface area (Å²) in [6.07, 6.45) is 0. The van der Waals surface area contributed by atoms with Crippen molar-refractivity contribution in [2.24, 2.45) is 0 Å². The van der Waals surface area contributed by atoms with E-state index in [4.69, 9.17) is 15.0 Å². The zero-order valence-electron chi connectivity index (χ0n) is 33.6. The zero-order chi connectivity index (χ0) is 41.0. The molecule has 0 atom stereocenters. The van der Waals surface area contributed by atoms with E-state index in [0.29, 0.717) is 17.5 Å². The maximum absolute atomic E-state index is 5.11. The Morgan fingerprint density at radius 3 is 1.32 bits per heavy atom. The van der Waals surface area contributed by atoms with Crippen molar-refractivity contribution in [1.82, 2.24) is 24.1 Å². The predicted molar refractivity (Wildman–Crippen MR) is 256 cm³/mol. The third-order valence-corrected chi connectivity index (χ3v) is 11.9. The molecule has 0 saturated carbocycles. The van der Waals surface area contributed by atoms with E-state index in [-0.39, 0.29) is 0 Å². The van der Waals surface area contributed by atoms with Crippen LogP contribution in [0.4, 0.5) is 0 Å². The van der Waals surface area contributed by atoms with Gasteiger partial charge in [0, 0.05) is 55.2 Å². The van der Waals surface area contributed by atoms with Crippen molar-refractivity contribution in [3.63, 3.8) is 0 Å². The van der Waals surface area contributed by atoms with Gasteiger partial charge in [-0.25, -0.2) is 15.0 Å². The van der Waals surface area contributed by atoms with Crippen LogP contribution in [0.5, 0.6) is 0 Å². The molecule has 0 aliphatic carbocycles. The van der Waals surface area contributed by atoms with Crippen LogP contribution in [-0.4, -0.2) is 24.1 Å². The smallest absolute Gasteiger partial charge is 0.164 e. The van der Waals surface area contributed by atoms with Gasteiger partial charge in [0.1, 0.15) is 0 Å². The van der Waals surface area contributed by atoms with Gasteiger partial charge in [0.15, 0.2) is 17.5 Å². The summed E-state index contributed by atoms with van der Waals surface area (Å²) >= 11 is 0. The second kappa shape index (κ2) is 14.7. The van der Waals surface area contributed by atoms with Gasteiger partial charge in [-0.1, -0.05) is 170 Å². The van der Waals surface area contributed by atoms with Crippen LogP contribution < -0.4 is 0 Å². The Labute approximate surface area is 358 Å². The van der Waals surface area contributed by atoms with Crippen molar-refractivity contribution in [3.05, 3.63) is 224 Å². The Hall–Kier alpha value is -8.41. The van der Waals surface area contributed by atoms with Crippen molar-refractivity contribution < 1.29 is 0 Å². The van der Waals surface area contributed by atoms with Crippen molar-refractivity contribution in [2.75, 3.05) is 0 Å². The van der Waals surface area contributed by atoms with Gasteiger partial charge in [-0.3, -0.25) is 0 Å². The molecule has 9 aromatic carbocycles. The normalized spacial score (nSPS) is 11.5. The highest BCUT2D eigenvalue weighted by Gasteiger charge is 2.21. The van der Waals surface area contributed by atoms with Crippen LogP contribution in [-0.2, 0) is 0 Å². The summed E-state index contributed by atoms with van der Waals surface area (Å²) in [6.45, 7) is 0. The quantitative estimate of drug-likeness (QED) is 0.162. The molecule has 290 valence electrons. The highest BCUT2D eigenvalue weighted by atomic mass is 15.0. The highest BCUT2D eigenvalue weighted by molar-refractivity contribution is 6.16. The molecule has 0 aliphatic rings. The van der Waals surface area contributed by atoms with Gasteiger partial charge in [0.2, 0.25) is 0 Å². The molecule has 5 heteroatoms. The van der Waals surface area contributed by atoms with Crippen molar-refractivity contribution in [1.29, 1.82) is 0 Å². The minimum atomic E-state index is 0.614. The summed E-state index contributed by atoms with van der Waals surface area (Å²) < 4.78 is 4.83. The third-order valence-electron chi connectivity index (χ3n) is 11.9. The molecular weight excluding hydrogens is 755 g/mol. The maximum atomic E-state index is 5.11. The number of benzene rings is 9. The van der Waals surface area contributed by atoms with Gasteiger partial charge in [0.25, 0.3) is 0 Å². The van der Waals surface area contributed by atoms with E-state index in [1.807, 2.05) is 60.7 Å². The lowest BCUT2D eigenvalue weighted by Gasteiger charge is -2.15. The highest BCUT2D eigenvalue weighted by Crippen LogP contribution is 2.43. The van der Waals surface area contributed by atoms with Gasteiger partial charge in [-0.05, 0) is 71.3 Å². The fraction of sp³-hybridized carbons (Fsp3) is 0. The van der Waals surface area contributed by atoms with E-state index in [0.717, 1.165) is 55.6 Å². The van der Waals surface area contributed by atoms with Gasteiger partial charge in [-0.2, -0.15) is 0 Å². The second-order valence-corrected chi connectivity index (χ2v) is 15.6. The number of fused-ring (bicyclic) bond motifs is 6. The van der Waals surface area contributed by atoms with E-state index in [1.165, 1.54) is 38.3 Å². The Balaban J connectivity index is 1.14. The Morgan fingerprint density at radius 2 is 0.726 bits per heavy atom. The summed E-state index contributed by atoms with van der Waals surface area (Å²) in [5, 5.41) is 4.82. The monoisotopic (exact) mass is 791 g/mol. The molecule has 0 N–H and O–H groups in total. The van der Waals surface area contributed by atoms with E-state index < -0.39 is 0 Å². The summed E-state index contributed by atoms with van der Waals surface area (Å²) in [5.41, 5.74) is 14.1. The van der Waals surface area contributed by atoms with E-state index in [9.17, 15) is 0 Å². The fourth-order valence-corrected chi connectivity index (χ4v) is 9.10. The first kappa shape index (κ1) is 35.5. The van der Waals surface area contributed by atoms with Gasteiger partial charge in [-0.15, -0.1) is 0 Å². The summed E-state index contributed by atoms with van der Waals surface area (Å²) in [4.78, 5) is 15.2. The first-order chi connectivity index (χ1) is 30.7. The maximum Gasteiger partial charge on any atom is 0.164 e. The third kappa shape index (κ3) is 5.98. The van der Waals surface area contributed by atoms with Crippen LogP contribution in [0.25, 0.3) is 111 Å². The largest absolute Gasteiger partial charge is 0.309 e. The lowest BCUT2D eigenvalue weighted by molar-refractivity contribution is 1.07. The van der Waals surface area contributed by atoms with Crippen molar-refractivity contribution in [2.45, 2.75) is 0 Å². The molecule has 0 unspecified atom stereocenters. The van der Waals surface area contributed by atoms with Crippen LogP contribution in [0.3, 0.4) is 0 Å². The summed E-state index contributed by atoms with van der Waals surface area (Å²) in [5.74, 6) is 1.88. The van der Waals surface area contributed by atoms with Crippen LogP contribution in [0.15, 0.2) is 224 Å². The second-order valence-electron chi connectivity index (χ2n) is 15.6. The first-order valence-corrected chi connectivity index (χ1v) is 20.9. The van der Waals surface area contributed by atoms with Gasteiger partial charge >= 0.3 is 0 Å². The molecule has 0 saturated heterocycles. The van der Waals surface area contributed by atoms with E-state index >= 15 is 0 Å². The number of hydrogen-bond donors (Lipinski definition) is 0. The average molecular weight is 792 g/mol. The molecule has 3 heterocycles. The Kier molecular flexibility index (Phi) is 8.42. The molecular formula is C57H37N5. The Bertz CT molecular complexity index is 3500. The SMILES string of the molecule is c1ccc(-c2cc(-c3ccccc3)c3c(c2)c2cc(-n4c5ccccc5c5ccccc54)ccc2n3-c2cccc(-c3nc(-c4ccccc4)nc(-c4ccccc4)n3)c2)cc1. The minimum absolute atomic E-state index is 0.614. The Morgan fingerprint density at radius 1 is 0.258 bits per heavy atom. The molecule has 0 aliphatic heterocycles. The lowest BCUT2D eigenvalue weighted by atomic mass is 9.95. The molecule has 0 radical (unpaired) electrons. The number of para-hydroxylation sites is 2. The molecule has 5 nitrogen and oxygen atoms in total. The fourth-order valence-electron chi connectivity index (χ4n) is 9.10. The molecule has 0 fully saturated rings. The summed E-state index contributed by atoms with van der Waals surface area (Å²) in [6, 6.07) is 79.5. The molecule has 62 heavy (non-hydrogen) atoms. The van der Waals surface area contributed by atoms with Gasteiger partial charge < -0.3 is 9.13 Å². The van der Waals surface area contributed by atoms with Crippen LogP contribution >= 0.6 is 0 Å². The van der Waals surface area contributed by atoms with E-state index in [1.54, 1.807) is 0 Å². The molecule has 12 aromatic rings. The van der Waals surface area contributed by atoms with Crippen LogP contribution in [0, 0.1) is 0 Å². The predicted octanol–water partition coefficient (Wildman–Crippen LogP) is 14.4.